The fourth-order valence-corrected chi connectivity index (χ4v) is 5.24. The molecule has 1 aromatic rings. The van der Waals surface area contributed by atoms with Crippen molar-refractivity contribution >= 4 is 17.4 Å². The second kappa shape index (κ2) is 4.95. The molecule has 0 unspecified atom stereocenters. The van der Waals surface area contributed by atoms with E-state index < -0.39 is 0 Å². The molecule has 0 radical (unpaired) electrons. The molecular weight excluding hydrogens is 284 g/mol. The van der Waals surface area contributed by atoms with E-state index in [1.807, 2.05) is 6.07 Å². The van der Waals surface area contributed by atoms with E-state index in [1.54, 1.807) is 19.2 Å². The zero-order valence-electron chi connectivity index (χ0n) is 12.3. The minimum Gasteiger partial charge on any atom is -0.506 e. The summed E-state index contributed by atoms with van der Waals surface area (Å²) in [6.07, 6.45) is 6.76. The van der Waals surface area contributed by atoms with E-state index in [9.17, 15) is 5.11 Å². The lowest BCUT2D eigenvalue weighted by Gasteiger charge is -2.51. The standard InChI is InChI=1S/C18H21ClO2/c1-21-18(12-2-3-15(19)16(20)9-12)17-13-5-10-4-11(7-13)8-14(17)6-10/h2-3,9-11,13-14,20H,4-8H2,1H3. The van der Waals surface area contributed by atoms with Gasteiger partial charge < -0.3 is 9.84 Å². The van der Waals surface area contributed by atoms with E-state index in [2.05, 4.69) is 0 Å². The quantitative estimate of drug-likeness (QED) is 0.791. The molecule has 2 nitrogen and oxygen atoms in total. The molecule has 4 saturated carbocycles. The summed E-state index contributed by atoms with van der Waals surface area (Å²) in [5.74, 6) is 4.37. The van der Waals surface area contributed by atoms with Crippen LogP contribution in [0.25, 0.3) is 5.76 Å². The first-order valence-corrected chi connectivity index (χ1v) is 8.30. The van der Waals surface area contributed by atoms with Crippen molar-refractivity contribution in [3.8, 4) is 5.75 Å². The molecule has 4 aliphatic rings. The highest BCUT2D eigenvalue weighted by Gasteiger charge is 2.46. The summed E-state index contributed by atoms with van der Waals surface area (Å²) in [4.78, 5) is 0. The van der Waals surface area contributed by atoms with Gasteiger partial charge in [0.2, 0.25) is 0 Å². The Labute approximate surface area is 130 Å². The molecule has 4 fully saturated rings. The van der Waals surface area contributed by atoms with Gasteiger partial charge in [-0.3, -0.25) is 0 Å². The summed E-state index contributed by atoms with van der Waals surface area (Å²) in [5.41, 5.74) is 2.47. The van der Waals surface area contributed by atoms with Crippen molar-refractivity contribution in [3.05, 3.63) is 34.4 Å². The van der Waals surface area contributed by atoms with Crippen LogP contribution in [-0.2, 0) is 4.74 Å². The summed E-state index contributed by atoms with van der Waals surface area (Å²) >= 11 is 5.93. The molecule has 1 N–H and O–H groups in total. The fraction of sp³-hybridized carbons (Fsp3) is 0.556. The summed E-state index contributed by atoms with van der Waals surface area (Å²) in [6.45, 7) is 0. The number of halogens is 1. The number of aromatic hydroxyl groups is 1. The van der Waals surface area contributed by atoms with Gasteiger partial charge in [-0.1, -0.05) is 11.6 Å². The number of benzene rings is 1. The van der Waals surface area contributed by atoms with E-state index in [4.69, 9.17) is 16.3 Å². The zero-order valence-corrected chi connectivity index (χ0v) is 13.1. The van der Waals surface area contributed by atoms with Gasteiger partial charge in [-0.25, -0.2) is 0 Å². The van der Waals surface area contributed by atoms with Crippen LogP contribution < -0.4 is 0 Å². The Morgan fingerprint density at radius 1 is 1.10 bits per heavy atom. The maximum Gasteiger partial charge on any atom is 0.134 e. The molecule has 0 saturated heterocycles. The molecule has 1 aromatic carbocycles. The monoisotopic (exact) mass is 304 g/mol. The maximum atomic E-state index is 9.88. The smallest absolute Gasteiger partial charge is 0.134 e. The van der Waals surface area contributed by atoms with Crippen molar-refractivity contribution in [2.45, 2.75) is 32.1 Å². The van der Waals surface area contributed by atoms with Crippen LogP contribution in [0.15, 0.2) is 23.8 Å². The number of ether oxygens (including phenoxy) is 1. The van der Waals surface area contributed by atoms with E-state index in [0.717, 1.165) is 23.2 Å². The zero-order chi connectivity index (χ0) is 14.6. The molecule has 0 heterocycles. The first kappa shape index (κ1) is 13.5. The van der Waals surface area contributed by atoms with Crippen molar-refractivity contribution in [2.75, 3.05) is 7.11 Å². The molecule has 0 amide bonds. The Kier molecular flexibility index (Phi) is 3.18. The van der Waals surface area contributed by atoms with Crippen LogP contribution in [0.5, 0.6) is 5.75 Å². The molecule has 112 valence electrons. The first-order valence-electron chi connectivity index (χ1n) is 7.92. The normalized spacial score (nSPS) is 33.3. The average molecular weight is 305 g/mol. The van der Waals surface area contributed by atoms with Gasteiger partial charge in [-0.05, 0) is 79.5 Å². The Morgan fingerprint density at radius 2 is 1.71 bits per heavy atom. The van der Waals surface area contributed by atoms with Crippen LogP contribution in [0, 0.1) is 23.7 Å². The Bertz CT molecular complexity index is 575. The van der Waals surface area contributed by atoms with Crippen molar-refractivity contribution in [3.63, 3.8) is 0 Å². The van der Waals surface area contributed by atoms with E-state index >= 15 is 0 Å². The molecule has 0 aromatic heterocycles. The van der Waals surface area contributed by atoms with Crippen LogP contribution in [0.4, 0.5) is 0 Å². The molecule has 4 bridgehead atoms. The average Bonchev–Trinajstić information content (AvgIpc) is 2.45. The van der Waals surface area contributed by atoms with Crippen LogP contribution in [0.2, 0.25) is 5.02 Å². The van der Waals surface area contributed by atoms with Gasteiger partial charge in [0.25, 0.3) is 0 Å². The minimum absolute atomic E-state index is 0.133. The topological polar surface area (TPSA) is 29.5 Å². The Balaban J connectivity index is 1.79. The lowest BCUT2D eigenvalue weighted by atomic mass is 9.54. The number of hydrogen-bond acceptors (Lipinski definition) is 2. The SMILES string of the molecule is COC(=C1C2CC3CC(C2)CC1C3)c1ccc(Cl)c(O)c1. The molecule has 0 spiro atoms. The van der Waals surface area contributed by atoms with Gasteiger partial charge in [0.15, 0.2) is 0 Å². The number of hydrogen-bond donors (Lipinski definition) is 1. The number of methoxy groups -OCH3 is 1. The molecule has 3 heteroatoms. The van der Waals surface area contributed by atoms with Gasteiger partial charge in [0.05, 0.1) is 12.1 Å². The van der Waals surface area contributed by atoms with Crippen molar-refractivity contribution < 1.29 is 9.84 Å². The third-order valence-corrected chi connectivity index (χ3v) is 6.01. The molecule has 0 atom stereocenters. The van der Waals surface area contributed by atoms with Crippen LogP contribution in [-0.4, -0.2) is 12.2 Å². The number of phenols is 1. The second-order valence-corrected chi connectivity index (χ2v) is 7.37. The van der Waals surface area contributed by atoms with E-state index in [0.29, 0.717) is 16.9 Å². The fourth-order valence-electron chi connectivity index (χ4n) is 5.12. The number of rotatable bonds is 2. The van der Waals surface area contributed by atoms with Crippen molar-refractivity contribution in [2.24, 2.45) is 23.7 Å². The highest BCUT2D eigenvalue weighted by Crippen LogP contribution is 2.58. The largest absolute Gasteiger partial charge is 0.506 e. The van der Waals surface area contributed by atoms with E-state index in [1.165, 1.54) is 37.7 Å². The minimum atomic E-state index is 0.133. The van der Waals surface area contributed by atoms with Crippen LogP contribution in [0.3, 0.4) is 0 Å². The predicted octanol–water partition coefficient (Wildman–Crippen LogP) is 4.86. The lowest BCUT2D eigenvalue weighted by molar-refractivity contribution is 0.0675. The van der Waals surface area contributed by atoms with Gasteiger partial charge in [-0.2, -0.15) is 0 Å². The molecule has 4 aliphatic carbocycles. The number of allylic oxidation sites excluding steroid dienone is 1. The second-order valence-electron chi connectivity index (χ2n) is 6.96. The lowest BCUT2D eigenvalue weighted by Crippen LogP contribution is -2.40. The molecule has 5 rings (SSSR count). The molecule has 21 heavy (non-hydrogen) atoms. The molecule has 0 aliphatic heterocycles. The van der Waals surface area contributed by atoms with Gasteiger partial charge in [-0.15, -0.1) is 0 Å². The van der Waals surface area contributed by atoms with Crippen molar-refractivity contribution in [1.82, 2.24) is 0 Å². The summed E-state index contributed by atoms with van der Waals surface area (Å²) in [5, 5.41) is 10.3. The van der Waals surface area contributed by atoms with Gasteiger partial charge in [0.1, 0.15) is 11.5 Å². The molecular formula is C18H21ClO2. The third-order valence-electron chi connectivity index (χ3n) is 5.69. The highest BCUT2D eigenvalue weighted by atomic mass is 35.5. The van der Waals surface area contributed by atoms with Gasteiger partial charge in [0, 0.05) is 5.56 Å². The number of phenolic OH excluding ortho intramolecular Hbond substituents is 1. The first-order chi connectivity index (χ1) is 10.2. The summed E-state index contributed by atoms with van der Waals surface area (Å²) < 4.78 is 5.78. The predicted molar refractivity (Wildman–Crippen MR) is 84.1 cm³/mol. The van der Waals surface area contributed by atoms with Crippen LogP contribution in [0.1, 0.15) is 37.7 Å². The van der Waals surface area contributed by atoms with Crippen molar-refractivity contribution in [1.29, 1.82) is 0 Å². The summed E-state index contributed by atoms with van der Waals surface area (Å²) in [6, 6.07) is 5.44. The highest BCUT2D eigenvalue weighted by molar-refractivity contribution is 6.32. The van der Waals surface area contributed by atoms with E-state index in [-0.39, 0.29) is 5.75 Å². The summed E-state index contributed by atoms with van der Waals surface area (Å²) in [7, 11) is 1.75. The maximum absolute atomic E-state index is 9.88. The third kappa shape index (κ3) is 2.15. The van der Waals surface area contributed by atoms with Gasteiger partial charge >= 0.3 is 0 Å². The van der Waals surface area contributed by atoms with Crippen LogP contribution >= 0.6 is 11.6 Å². The Hall–Kier alpha value is -1.15. The Morgan fingerprint density at radius 3 is 2.24 bits per heavy atom.